The van der Waals surface area contributed by atoms with E-state index < -0.39 is 0 Å². The van der Waals surface area contributed by atoms with Gasteiger partial charge in [0.1, 0.15) is 0 Å². The van der Waals surface area contributed by atoms with Crippen molar-refractivity contribution in [1.82, 2.24) is 5.32 Å². The zero-order chi connectivity index (χ0) is 10.8. The van der Waals surface area contributed by atoms with Crippen LogP contribution in [0.15, 0.2) is 18.2 Å². The number of hydrogen-bond acceptors (Lipinski definition) is 2. The van der Waals surface area contributed by atoms with Crippen LogP contribution >= 0.6 is 23.2 Å². The molecule has 1 aromatic carbocycles. The molecule has 4 heteroatoms. The minimum Gasteiger partial charge on any atom is -0.395 e. The van der Waals surface area contributed by atoms with Gasteiger partial charge in [0.15, 0.2) is 0 Å². The van der Waals surface area contributed by atoms with E-state index in [0.717, 1.165) is 18.5 Å². The lowest BCUT2D eigenvalue weighted by atomic mass is 9.92. The standard InChI is InChI=1S/C11H13Cl2NO/c12-9-2-1-7(5-10(9)13)8-3-4-14-11(8)6-15/h1-2,5,8,11,14-15H,3-4,6H2. The van der Waals surface area contributed by atoms with Gasteiger partial charge in [-0.1, -0.05) is 29.3 Å². The molecular formula is C11H13Cl2NO. The first-order chi connectivity index (χ1) is 7.22. The summed E-state index contributed by atoms with van der Waals surface area (Å²) in [5.74, 6) is 0.338. The maximum atomic E-state index is 9.20. The van der Waals surface area contributed by atoms with Crippen molar-refractivity contribution in [2.75, 3.05) is 13.2 Å². The van der Waals surface area contributed by atoms with Crippen LogP contribution < -0.4 is 5.32 Å². The van der Waals surface area contributed by atoms with Crippen LogP contribution in [-0.2, 0) is 0 Å². The molecule has 0 amide bonds. The molecule has 0 radical (unpaired) electrons. The van der Waals surface area contributed by atoms with E-state index in [1.165, 1.54) is 0 Å². The van der Waals surface area contributed by atoms with Crippen molar-refractivity contribution in [3.8, 4) is 0 Å². The van der Waals surface area contributed by atoms with Crippen LogP contribution in [0.2, 0.25) is 10.0 Å². The van der Waals surface area contributed by atoms with Crippen LogP contribution in [0, 0.1) is 0 Å². The molecule has 1 aromatic rings. The minimum absolute atomic E-state index is 0.141. The van der Waals surface area contributed by atoms with Crippen LogP contribution in [0.4, 0.5) is 0 Å². The number of hydrogen-bond donors (Lipinski definition) is 2. The molecular weight excluding hydrogens is 233 g/mol. The largest absolute Gasteiger partial charge is 0.395 e. The van der Waals surface area contributed by atoms with Gasteiger partial charge in [0.05, 0.1) is 16.7 Å². The van der Waals surface area contributed by atoms with Gasteiger partial charge in [-0.05, 0) is 30.7 Å². The molecule has 1 saturated heterocycles. The third-order valence-corrected chi connectivity index (χ3v) is 3.66. The van der Waals surface area contributed by atoms with Crippen molar-refractivity contribution in [2.45, 2.75) is 18.4 Å². The van der Waals surface area contributed by atoms with E-state index in [-0.39, 0.29) is 12.6 Å². The Kier molecular flexibility index (Phi) is 3.52. The third-order valence-electron chi connectivity index (χ3n) is 2.92. The molecule has 1 heterocycles. The fourth-order valence-electron chi connectivity index (χ4n) is 2.10. The Labute approximate surface area is 99.2 Å². The third kappa shape index (κ3) is 2.28. The fraction of sp³-hybridized carbons (Fsp3) is 0.455. The highest BCUT2D eigenvalue weighted by molar-refractivity contribution is 6.42. The second kappa shape index (κ2) is 4.71. The quantitative estimate of drug-likeness (QED) is 0.839. The van der Waals surface area contributed by atoms with Gasteiger partial charge in [-0.15, -0.1) is 0 Å². The van der Waals surface area contributed by atoms with Gasteiger partial charge in [-0.25, -0.2) is 0 Å². The number of halogens is 2. The Morgan fingerprint density at radius 2 is 2.13 bits per heavy atom. The summed E-state index contributed by atoms with van der Waals surface area (Å²) in [4.78, 5) is 0. The van der Waals surface area contributed by atoms with Crippen molar-refractivity contribution in [3.63, 3.8) is 0 Å². The number of aliphatic hydroxyl groups is 1. The summed E-state index contributed by atoms with van der Waals surface area (Å²) in [5.41, 5.74) is 1.15. The lowest BCUT2D eigenvalue weighted by Crippen LogP contribution is -2.29. The summed E-state index contributed by atoms with van der Waals surface area (Å²) in [6, 6.07) is 5.83. The highest BCUT2D eigenvalue weighted by atomic mass is 35.5. The monoisotopic (exact) mass is 245 g/mol. The number of aliphatic hydroxyl groups excluding tert-OH is 1. The van der Waals surface area contributed by atoms with E-state index in [0.29, 0.717) is 16.0 Å². The first-order valence-corrected chi connectivity index (χ1v) is 5.77. The lowest BCUT2D eigenvalue weighted by Gasteiger charge is -2.17. The summed E-state index contributed by atoms with van der Waals surface area (Å²) in [6.45, 7) is 1.10. The molecule has 2 nitrogen and oxygen atoms in total. The Morgan fingerprint density at radius 3 is 2.80 bits per heavy atom. The first-order valence-electron chi connectivity index (χ1n) is 5.01. The summed E-state index contributed by atoms with van der Waals surface area (Å²) in [7, 11) is 0. The fourth-order valence-corrected chi connectivity index (χ4v) is 2.41. The van der Waals surface area contributed by atoms with E-state index in [1.807, 2.05) is 18.2 Å². The maximum absolute atomic E-state index is 9.20. The van der Waals surface area contributed by atoms with Crippen molar-refractivity contribution in [3.05, 3.63) is 33.8 Å². The molecule has 15 heavy (non-hydrogen) atoms. The molecule has 2 rings (SSSR count). The molecule has 2 atom stereocenters. The van der Waals surface area contributed by atoms with Crippen LogP contribution in [0.1, 0.15) is 17.9 Å². The molecule has 2 N–H and O–H groups in total. The van der Waals surface area contributed by atoms with Crippen LogP contribution in [0.25, 0.3) is 0 Å². The van der Waals surface area contributed by atoms with Gasteiger partial charge in [-0.2, -0.15) is 0 Å². The van der Waals surface area contributed by atoms with Gasteiger partial charge in [0.25, 0.3) is 0 Å². The van der Waals surface area contributed by atoms with E-state index in [2.05, 4.69) is 5.32 Å². The summed E-state index contributed by atoms with van der Waals surface area (Å²) >= 11 is 11.8. The minimum atomic E-state index is 0.141. The highest BCUT2D eigenvalue weighted by Crippen LogP contribution is 2.31. The van der Waals surface area contributed by atoms with E-state index in [1.54, 1.807) is 0 Å². The van der Waals surface area contributed by atoms with Gasteiger partial charge >= 0.3 is 0 Å². The number of rotatable bonds is 2. The molecule has 2 unspecified atom stereocenters. The van der Waals surface area contributed by atoms with Crippen molar-refractivity contribution in [1.29, 1.82) is 0 Å². The van der Waals surface area contributed by atoms with Gasteiger partial charge < -0.3 is 10.4 Å². The van der Waals surface area contributed by atoms with Gasteiger partial charge in [0, 0.05) is 12.0 Å². The van der Waals surface area contributed by atoms with E-state index >= 15 is 0 Å². The lowest BCUT2D eigenvalue weighted by molar-refractivity contribution is 0.245. The summed E-state index contributed by atoms with van der Waals surface area (Å²) in [6.07, 6.45) is 1.03. The van der Waals surface area contributed by atoms with Gasteiger partial charge in [0.2, 0.25) is 0 Å². The predicted octanol–water partition coefficient (Wildman–Crippen LogP) is 2.43. The number of benzene rings is 1. The van der Waals surface area contributed by atoms with Crippen LogP contribution in [0.5, 0.6) is 0 Å². The molecule has 0 aliphatic carbocycles. The zero-order valence-electron chi connectivity index (χ0n) is 8.21. The first kappa shape index (κ1) is 11.2. The molecule has 0 spiro atoms. The maximum Gasteiger partial charge on any atom is 0.0595 e. The Bertz CT molecular complexity index is 356. The Hall–Kier alpha value is -0.280. The average Bonchev–Trinajstić information content (AvgIpc) is 2.70. The van der Waals surface area contributed by atoms with Crippen molar-refractivity contribution in [2.24, 2.45) is 0 Å². The normalized spacial score (nSPS) is 25.8. The van der Waals surface area contributed by atoms with E-state index in [4.69, 9.17) is 23.2 Å². The number of nitrogens with one attached hydrogen (secondary N) is 1. The van der Waals surface area contributed by atoms with Crippen molar-refractivity contribution < 1.29 is 5.11 Å². The second-order valence-corrected chi connectivity index (χ2v) is 4.63. The summed E-state index contributed by atoms with van der Waals surface area (Å²) < 4.78 is 0. The molecule has 0 bridgehead atoms. The molecule has 1 aliphatic rings. The average molecular weight is 246 g/mol. The smallest absolute Gasteiger partial charge is 0.0595 e. The predicted molar refractivity (Wildman–Crippen MR) is 62.7 cm³/mol. The van der Waals surface area contributed by atoms with Crippen LogP contribution in [-0.4, -0.2) is 24.3 Å². The van der Waals surface area contributed by atoms with E-state index in [9.17, 15) is 5.11 Å². The van der Waals surface area contributed by atoms with Crippen molar-refractivity contribution >= 4 is 23.2 Å². The molecule has 82 valence electrons. The highest BCUT2D eigenvalue weighted by Gasteiger charge is 2.27. The Balaban J connectivity index is 2.25. The van der Waals surface area contributed by atoms with Crippen LogP contribution in [0.3, 0.4) is 0 Å². The molecule has 1 aliphatic heterocycles. The molecule has 0 aromatic heterocycles. The second-order valence-electron chi connectivity index (χ2n) is 3.81. The zero-order valence-corrected chi connectivity index (χ0v) is 9.72. The summed E-state index contributed by atoms with van der Waals surface area (Å²) in [5, 5.41) is 13.6. The van der Waals surface area contributed by atoms with Gasteiger partial charge in [-0.3, -0.25) is 0 Å². The Morgan fingerprint density at radius 1 is 1.33 bits per heavy atom. The molecule has 0 saturated carbocycles. The molecule has 1 fully saturated rings. The topological polar surface area (TPSA) is 32.3 Å². The SMILES string of the molecule is OCC1NCCC1c1ccc(Cl)c(Cl)c1.